The van der Waals surface area contributed by atoms with Crippen LogP contribution in [0.25, 0.3) is 0 Å². The van der Waals surface area contributed by atoms with Crippen molar-refractivity contribution in [2.24, 2.45) is 0 Å². The van der Waals surface area contributed by atoms with Gasteiger partial charge in [-0.2, -0.15) is 11.8 Å². The SMILES string of the molecule is CCSCCC(C)NC(=O)N[C@H](CCO)C(=O)O. The normalized spacial score (nSPS) is 13.7. The van der Waals surface area contributed by atoms with E-state index >= 15 is 0 Å². The van der Waals surface area contributed by atoms with E-state index in [1.807, 2.05) is 6.92 Å². The number of rotatable bonds is 9. The molecule has 0 aliphatic heterocycles. The molecule has 18 heavy (non-hydrogen) atoms. The van der Waals surface area contributed by atoms with E-state index in [0.29, 0.717) is 0 Å². The molecule has 0 heterocycles. The van der Waals surface area contributed by atoms with E-state index in [0.717, 1.165) is 17.9 Å². The van der Waals surface area contributed by atoms with Crippen LogP contribution in [0, 0.1) is 0 Å². The van der Waals surface area contributed by atoms with Crippen molar-refractivity contribution in [3.63, 3.8) is 0 Å². The molecule has 0 bridgehead atoms. The molecule has 2 atom stereocenters. The Labute approximate surface area is 112 Å². The maximum absolute atomic E-state index is 11.5. The van der Waals surface area contributed by atoms with Crippen molar-refractivity contribution in [1.82, 2.24) is 10.6 Å². The fourth-order valence-electron chi connectivity index (χ4n) is 1.29. The molecule has 0 aliphatic carbocycles. The van der Waals surface area contributed by atoms with Crippen LogP contribution in [0.15, 0.2) is 0 Å². The first-order valence-electron chi connectivity index (χ1n) is 5.99. The second-order valence-electron chi connectivity index (χ2n) is 3.91. The molecule has 2 amide bonds. The molecule has 0 radical (unpaired) electrons. The summed E-state index contributed by atoms with van der Waals surface area (Å²) in [6, 6.07) is -1.57. The highest BCUT2D eigenvalue weighted by Crippen LogP contribution is 2.03. The quantitative estimate of drug-likeness (QED) is 0.464. The van der Waals surface area contributed by atoms with Crippen LogP contribution in [0.3, 0.4) is 0 Å². The van der Waals surface area contributed by atoms with Gasteiger partial charge in [0.2, 0.25) is 0 Å². The highest BCUT2D eigenvalue weighted by molar-refractivity contribution is 7.99. The maximum Gasteiger partial charge on any atom is 0.326 e. The summed E-state index contributed by atoms with van der Waals surface area (Å²) in [5.74, 6) is 0.848. The molecule has 0 aromatic rings. The first kappa shape index (κ1) is 17.1. The Bertz CT molecular complexity index is 263. The van der Waals surface area contributed by atoms with Gasteiger partial charge in [-0.1, -0.05) is 6.92 Å². The number of urea groups is 1. The third-order valence-corrected chi connectivity index (χ3v) is 3.23. The highest BCUT2D eigenvalue weighted by Gasteiger charge is 2.19. The zero-order chi connectivity index (χ0) is 14.0. The van der Waals surface area contributed by atoms with Crippen LogP contribution in [-0.2, 0) is 4.79 Å². The van der Waals surface area contributed by atoms with E-state index in [1.165, 1.54) is 0 Å². The van der Waals surface area contributed by atoms with E-state index in [9.17, 15) is 9.59 Å². The number of carboxylic acid groups (broad SMARTS) is 1. The molecule has 6 nitrogen and oxygen atoms in total. The lowest BCUT2D eigenvalue weighted by Gasteiger charge is -2.17. The molecule has 106 valence electrons. The summed E-state index contributed by atoms with van der Waals surface area (Å²) >= 11 is 1.79. The Kier molecular flexibility index (Phi) is 9.49. The van der Waals surface area contributed by atoms with Gasteiger partial charge in [0.05, 0.1) is 0 Å². The van der Waals surface area contributed by atoms with E-state index in [2.05, 4.69) is 17.6 Å². The number of carbonyl (C=O) groups excluding carboxylic acids is 1. The van der Waals surface area contributed by atoms with Gasteiger partial charge in [0.15, 0.2) is 0 Å². The maximum atomic E-state index is 11.5. The number of aliphatic hydroxyl groups excluding tert-OH is 1. The number of hydrogen-bond acceptors (Lipinski definition) is 4. The van der Waals surface area contributed by atoms with Crippen LogP contribution in [-0.4, -0.2) is 52.4 Å². The van der Waals surface area contributed by atoms with Gasteiger partial charge in [0.1, 0.15) is 6.04 Å². The highest BCUT2D eigenvalue weighted by atomic mass is 32.2. The zero-order valence-corrected chi connectivity index (χ0v) is 11.6. The van der Waals surface area contributed by atoms with Crippen molar-refractivity contribution in [3.8, 4) is 0 Å². The Morgan fingerprint density at radius 1 is 1.28 bits per heavy atom. The van der Waals surface area contributed by atoms with Crippen molar-refractivity contribution in [2.75, 3.05) is 18.1 Å². The standard InChI is InChI=1S/C11H22N2O4S/c1-3-18-7-5-8(2)12-11(17)13-9(4-6-14)10(15)16/h8-9,14H,3-7H2,1-2H3,(H,15,16)(H2,12,13,17)/t8?,9-/m1/s1. The Hall–Kier alpha value is -0.950. The molecule has 4 N–H and O–H groups in total. The molecule has 1 unspecified atom stereocenters. The zero-order valence-electron chi connectivity index (χ0n) is 10.8. The predicted molar refractivity (Wildman–Crippen MR) is 71.9 cm³/mol. The number of thioether (sulfide) groups is 1. The van der Waals surface area contributed by atoms with Gasteiger partial charge in [-0.3, -0.25) is 0 Å². The fraction of sp³-hybridized carbons (Fsp3) is 0.818. The summed E-state index contributed by atoms with van der Waals surface area (Å²) in [6.07, 6.45) is 0.840. The summed E-state index contributed by atoms with van der Waals surface area (Å²) in [6.45, 7) is 3.67. The predicted octanol–water partition coefficient (Wildman–Crippen LogP) is 0.653. The summed E-state index contributed by atoms with van der Waals surface area (Å²) in [7, 11) is 0. The summed E-state index contributed by atoms with van der Waals surface area (Å²) in [5, 5.41) is 22.5. The van der Waals surface area contributed by atoms with Crippen LogP contribution in [0.5, 0.6) is 0 Å². The van der Waals surface area contributed by atoms with Crippen molar-refractivity contribution in [1.29, 1.82) is 0 Å². The molecule has 7 heteroatoms. The van der Waals surface area contributed by atoms with Crippen LogP contribution in [0.4, 0.5) is 4.79 Å². The Balaban J connectivity index is 3.96. The number of amides is 2. The monoisotopic (exact) mass is 278 g/mol. The fourth-order valence-corrected chi connectivity index (χ4v) is 2.10. The molecule has 0 aliphatic rings. The average molecular weight is 278 g/mol. The van der Waals surface area contributed by atoms with Crippen LogP contribution >= 0.6 is 11.8 Å². The van der Waals surface area contributed by atoms with E-state index in [1.54, 1.807) is 11.8 Å². The third kappa shape index (κ3) is 8.19. The molecular weight excluding hydrogens is 256 g/mol. The third-order valence-electron chi connectivity index (χ3n) is 2.30. The van der Waals surface area contributed by atoms with Crippen molar-refractivity contribution >= 4 is 23.8 Å². The number of aliphatic carboxylic acids is 1. The lowest BCUT2D eigenvalue weighted by molar-refractivity contribution is -0.139. The number of aliphatic hydroxyl groups is 1. The lowest BCUT2D eigenvalue weighted by atomic mass is 10.2. The van der Waals surface area contributed by atoms with Gasteiger partial charge in [0.25, 0.3) is 0 Å². The van der Waals surface area contributed by atoms with Gasteiger partial charge in [-0.15, -0.1) is 0 Å². The molecule has 0 aromatic heterocycles. The van der Waals surface area contributed by atoms with E-state index in [-0.39, 0.29) is 19.1 Å². The smallest absolute Gasteiger partial charge is 0.326 e. The minimum absolute atomic E-state index is 0.00280. The van der Waals surface area contributed by atoms with Gasteiger partial charge in [-0.05, 0) is 24.9 Å². The number of carbonyl (C=O) groups is 2. The molecule has 0 saturated heterocycles. The van der Waals surface area contributed by atoms with Crippen LogP contribution < -0.4 is 10.6 Å². The number of hydrogen-bond donors (Lipinski definition) is 4. The Morgan fingerprint density at radius 2 is 1.94 bits per heavy atom. The van der Waals surface area contributed by atoms with Gasteiger partial charge < -0.3 is 20.8 Å². The van der Waals surface area contributed by atoms with Crippen molar-refractivity contribution in [2.45, 2.75) is 38.8 Å². The van der Waals surface area contributed by atoms with E-state index < -0.39 is 18.0 Å². The van der Waals surface area contributed by atoms with Gasteiger partial charge in [0, 0.05) is 19.1 Å². The topological polar surface area (TPSA) is 98.7 Å². The number of nitrogens with one attached hydrogen (secondary N) is 2. The molecule has 0 saturated carbocycles. The minimum atomic E-state index is -1.15. The molecular formula is C11H22N2O4S. The van der Waals surface area contributed by atoms with Crippen molar-refractivity contribution < 1.29 is 19.8 Å². The molecule has 0 aromatic carbocycles. The summed E-state index contributed by atoms with van der Waals surface area (Å²) < 4.78 is 0. The van der Waals surface area contributed by atoms with Gasteiger partial charge in [-0.25, -0.2) is 9.59 Å². The van der Waals surface area contributed by atoms with Crippen molar-refractivity contribution in [3.05, 3.63) is 0 Å². The van der Waals surface area contributed by atoms with E-state index in [4.69, 9.17) is 10.2 Å². The van der Waals surface area contributed by atoms with Crippen LogP contribution in [0.2, 0.25) is 0 Å². The second-order valence-corrected chi connectivity index (χ2v) is 5.30. The average Bonchev–Trinajstić information content (AvgIpc) is 2.28. The van der Waals surface area contributed by atoms with Gasteiger partial charge >= 0.3 is 12.0 Å². The molecule has 0 rings (SSSR count). The second kappa shape index (κ2) is 10.0. The molecule has 0 spiro atoms. The Morgan fingerprint density at radius 3 is 2.44 bits per heavy atom. The first-order valence-corrected chi connectivity index (χ1v) is 7.15. The lowest BCUT2D eigenvalue weighted by Crippen LogP contribution is -2.48. The first-order chi connectivity index (χ1) is 8.51. The number of carboxylic acids is 1. The summed E-state index contributed by atoms with van der Waals surface area (Å²) in [4.78, 5) is 22.3. The minimum Gasteiger partial charge on any atom is -0.480 e. The summed E-state index contributed by atoms with van der Waals surface area (Å²) in [5.41, 5.74) is 0. The molecule has 0 fully saturated rings. The largest absolute Gasteiger partial charge is 0.480 e. The van der Waals surface area contributed by atoms with Crippen LogP contribution in [0.1, 0.15) is 26.7 Å².